The normalized spacial score (nSPS) is 12.1. The van der Waals surface area contributed by atoms with Crippen molar-refractivity contribution in [2.24, 2.45) is 0 Å². The Morgan fingerprint density at radius 3 is 2.41 bits per heavy atom. The molecule has 0 aliphatic carbocycles. The van der Waals surface area contributed by atoms with Gasteiger partial charge in [-0.25, -0.2) is 27.5 Å². The number of halogens is 1. The van der Waals surface area contributed by atoms with E-state index in [9.17, 15) is 18.1 Å². The fourth-order valence-corrected chi connectivity index (χ4v) is 5.10. The highest BCUT2D eigenvalue weighted by molar-refractivity contribution is 7.89. The van der Waals surface area contributed by atoms with Gasteiger partial charge in [0.2, 0.25) is 16.0 Å². The van der Waals surface area contributed by atoms with E-state index in [1.54, 1.807) is 49.9 Å². The third-order valence-electron chi connectivity index (χ3n) is 5.11. The molecule has 174 valence electrons. The Morgan fingerprint density at radius 1 is 1.15 bits per heavy atom. The minimum Gasteiger partial charge on any atom is -0.275 e. The number of aromatic nitrogens is 4. The standard InChI is InChI=1S/C24H23FN6O2S/c1-5-15-11-21-17(12-19(15)25)18(13-26)22(31(21)23-27-9-6-10-28-23)20-8-7-16(14-29-20)34(32,33)30-24(2,3)4/h6-12,14,30H,5H2,1-4H3. The van der Waals surface area contributed by atoms with E-state index < -0.39 is 21.4 Å². The van der Waals surface area contributed by atoms with Crippen LogP contribution in [0.15, 0.2) is 53.8 Å². The minimum atomic E-state index is -3.79. The summed E-state index contributed by atoms with van der Waals surface area (Å²) in [5.74, 6) is -0.127. The molecule has 4 rings (SSSR count). The van der Waals surface area contributed by atoms with Crippen LogP contribution in [-0.2, 0) is 16.4 Å². The van der Waals surface area contributed by atoms with Gasteiger partial charge in [-0.2, -0.15) is 5.26 Å². The van der Waals surface area contributed by atoms with E-state index in [4.69, 9.17) is 0 Å². The lowest BCUT2D eigenvalue weighted by atomic mass is 10.1. The maximum atomic E-state index is 14.7. The summed E-state index contributed by atoms with van der Waals surface area (Å²) in [6.07, 6.45) is 4.83. The van der Waals surface area contributed by atoms with Crippen molar-refractivity contribution in [2.75, 3.05) is 0 Å². The van der Waals surface area contributed by atoms with Crippen molar-refractivity contribution in [3.8, 4) is 23.4 Å². The molecule has 0 aliphatic rings. The Labute approximate surface area is 197 Å². The average molecular weight is 479 g/mol. The topological polar surface area (TPSA) is 114 Å². The third-order valence-corrected chi connectivity index (χ3v) is 6.85. The summed E-state index contributed by atoms with van der Waals surface area (Å²) in [6.45, 7) is 7.07. The second-order valence-electron chi connectivity index (χ2n) is 8.77. The van der Waals surface area contributed by atoms with Gasteiger partial charge in [0.15, 0.2) is 0 Å². The molecule has 4 aromatic rings. The molecule has 1 aromatic carbocycles. The Hall–Kier alpha value is -3.68. The van der Waals surface area contributed by atoms with Gasteiger partial charge in [-0.1, -0.05) is 6.92 Å². The van der Waals surface area contributed by atoms with Crippen LogP contribution in [0.25, 0.3) is 28.2 Å². The maximum absolute atomic E-state index is 14.7. The van der Waals surface area contributed by atoms with Crippen LogP contribution in [-0.4, -0.2) is 33.5 Å². The first-order chi connectivity index (χ1) is 16.1. The molecule has 0 saturated heterocycles. The number of fused-ring (bicyclic) bond motifs is 1. The van der Waals surface area contributed by atoms with E-state index in [1.807, 2.05) is 6.92 Å². The third kappa shape index (κ3) is 4.27. The van der Waals surface area contributed by atoms with Crippen LogP contribution in [0.4, 0.5) is 4.39 Å². The number of pyridine rings is 1. The van der Waals surface area contributed by atoms with Gasteiger partial charge in [-0.05, 0) is 63.1 Å². The Bertz CT molecular complexity index is 1520. The van der Waals surface area contributed by atoms with Crippen LogP contribution in [0.1, 0.15) is 38.8 Å². The van der Waals surface area contributed by atoms with E-state index in [-0.39, 0.29) is 16.4 Å². The Morgan fingerprint density at radius 2 is 1.85 bits per heavy atom. The van der Waals surface area contributed by atoms with Crippen molar-refractivity contribution in [1.82, 2.24) is 24.2 Å². The first-order valence-corrected chi connectivity index (χ1v) is 12.1. The van der Waals surface area contributed by atoms with E-state index in [1.165, 1.54) is 24.4 Å². The summed E-state index contributed by atoms with van der Waals surface area (Å²) in [5, 5.41) is 10.4. The van der Waals surface area contributed by atoms with Gasteiger partial charge < -0.3 is 0 Å². The number of aryl methyl sites for hydroxylation is 1. The summed E-state index contributed by atoms with van der Waals surface area (Å²) in [5.41, 5.74) is 1.26. The largest absolute Gasteiger partial charge is 0.275 e. The van der Waals surface area contributed by atoms with Gasteiger partial charge >= 0.3 is 0 Å². The molecule has 0 unspecified atom stereocenters. The molecule has 0 fully saturated rings. The van der Waals surface area contributed by atoms with Crippen LogP contribution in [0.2, 0.25) is 0 Å². The lowest BCUT2D eigenvalue weighted by Crippen LogP contribution is -2.40. The molecule has 0 bridgehead atoms. The number of nitrogens with one attached hydrogen (secondary N) is 1. The smallest absolute Gasteiger partial charge is 0.242 e. The molecule has 0 radical (unpaired) electrons. The zero-order chi connectivity index (χ0) is 24.7. The van der Waals surface area contributed by atoms with E-state index in [0.717, 1.165) is 0 Å². The van der Waals surface area contributed by atoms with Crippen molar-refractivity contribution < 1.29 is 12.8 Å². The molecule has 34 heavy (non-hydrogen) atoms. The molecule has 1 N–H and O–H groups in total. The van der Waals surface area contributed by atoms with Gasteiger partial charge in [-0.3, -0.25) is 9.55 Å². The second-order valence-corrected chi connectivity index (χ2v) is 10.5. The number of sulfonamides is 1. The zero-order valence-electron chi connectivity index (χ0n) is 19.2. The van der Waals surface area contributed by atoms with Crippen molar-refractivity contribution in [1.29, 1.82) is 5.26 Å². The number of nitrogens with zero attached hydrogens (tertiary/aromatic N) is 5. The monoisotopic (exact) mass is 478 g/mol. The van der Waals surface area contributed by atoms with E-state index in [2.05, 4.69) is 25.7 Å². The first-order valence-electron chi connectivity index (χ1n) is 10.6. The summed E-state index contributed by atoms with van der Waals surface area (Å²) < 4.78 is 44.3. The van der Waals surface area contributed by atoms with Crippen LogP contribution in [0.5, 0.6) is 0 Å². The minimum absolute atomic E-state index is 0.0115. The van der Waals surface area contributed by atoms with Gasteiger partial charge in [0, 0.05) is 29.5 Å². The highest BCUT2D eigenvalue weighted by Crippen LogP contribution is 2.36. The molecule has 8 nitrogen and oxygen atoms in total. The van der Waals surface area contributed by atoms with Crippen molar-refractivity contribution in [3.63, 3.8) is 0 Å². The summed E-state index contributed by atoms with van der Waals surface area (Å²) in [6, 6.07) is 9.77. The van der Waals surface area contributed by atoms with Crippen LogP contribution < -0.4 is 4.72 Å². The molecule has 0 amide bonds. The molecular formula is C24H23FN6O2S. The number of hydrogen-bond acceptors (Lipinski definition) is 6. The summed E-state index contributed by atoms with van der Waals surface area (Å²) in [4.78, 5) is 13.0. The molecule has 0 saturated carbocycles. The average Bonchev–Trinajstić information content (AvgIpc) is 3.10. The highest BCUT2D eigenvalue weighted by atomic mass is 32.2. The first kappa shape index (κ1) is 23.5. The van der Waals surface area contributed by atoms with Crippen molar-refractivity contribution >= 4 is 20.9 Å². The SMILES string of the molecule is CCc1cc2c(cc1F)c(C#N)c(-c1ccc(S(=O)(=O)NC(C)(C)C)cn1)n2-c1ncccn1. The molecule has 0 spiro atoms. The van der Waals surface area contributed by atoms with Crippen LogP contribution in [0.3, 0.4) is 0 Å². The van der Waals surface area contributed by atoms with Gasteiger partial charge in [0.25, 0.3) is 0 Å². The number of nitriles is 1. The van der Waals surface area contributed by atoms with Crippen molar-refractivity contribution in [3.05, 3.63) is 65.9 Å². The molecular weight excluding hydrogens is 455 g/mol. The predicted molar refractivity (Wildman–Crippen MR) is 126 cm³/mol. The number of hydrogen-bond donors (Lipinski definition) is 1. The van der Waals surface area contributed by atoms with Gasteiger partial charge in [0.05, 0.1) is 22.5 Å². The molecule has 3 heterocycles. The lowest BCUT2D eigenvalue weighted by molar-refractivity contribution is 0.491. The molecule has 3 aromatic heterocycles. The predicted octanol–water partition coefficient (Wildman–Crippen LogP) is 4.13. The lowest BCUT2D eigenvalue weighted by Gasteiger charge is -2.20. The van der Waals surface area contributed by atoms with Crippen molar-refractivity contribution in [2.45, 2.75) is 44.6 Å². The Kier molecular flexibility index (Phi) is 5.93. The molecule has 0 aliphatic heterocycles. The van der Waals surface area contributed by atoms with E-state index in [0.29, 0.717) is 34.3 Å². The highest BCUT2D eigenvalue weighted by Gasteiger charge is 2.26. The summed E-state index contributed by atoms with van der Waals surface area (Å²) in [7, 11) is -3.79. The second kappa shape index (κ2) is 8.59. The fraction of sp³-hybridized carbons (Fsp3) is 0.250. The van der Waals surface area contributed by atoms with Gasteiger partial charge in [0.1, 0.15) is 16.8 Å². The Balaban J connectivity index is 1.98. The number of benzene rings is 1. The van der Waals surface area contributed by atoms with Crippen LogP contribution in [0, 0.1) is 17.1 Å². The summed E-state index contributed by atoms with van der Waals surface area (Å²) >= 11 is 0. The van der Waals surface area contributed by atoms with E-state index >= 15 is 0 Å². The van der Waals surface area contributed by atoms with Gasteiger partial charge in [-0.15, -0.1) is 0 Å². The molecule has 0 atom stereocenters. The number of rotatable bonds is 5. The maximum Gasteiger partial charge on any atom is 0.242 e. The quantitative estimate of drug-likeness (QED) is 0.461. The fourth-order valence-electron chi connectivity index (χ4n) is 3.73. The zero-order valence-corrected chi connectivity index (χ0v) is 20.0. The molecule has 10 heteroatoms. The van der Waals surface area contributed by atoms with Crippen LogP contribution >= 0.6 is 0 Å².